The van der Waals surface area contributed by atoms with Gasteiger partial charge in [-0.15, -0.1) is 0 Å². The number of aromatic nitrogens is 2. The van der Waals surface area contributed by atoms with E-state index in [2.05, 4.69) is 21.6 Å². The molecule has 0 radical (unpaired) electrons. The highest BCUT2D eigenvalue weighted by Gasteiger charge is 2.23. The predicted molar refractivity (Wildman–Crippen MR) is 79.3 cm³/mol. The van der Waals surface area contributed by atoms with Gasteiger partial charge < -0.3 is 5.32 Å². The molecule has 1 aromatic heterocycles. The lowest BCUT2D eigenvalue weighted by atomic mass is 10.1. The Morgan fingerprint density at radius 1 is 1.20 bits per heavy atom. The number of H-pyrrole nitrogens is 1. The lowest BCUT2D eigenvalue weighted by Gasteiger charge is -2.24. The number of sulfone groups is 1. The Morgan fingerprint density at radius 3 is 2.70 bits per heavy atom. The zero-order valence-corrected chi connectivity index (χ0v) is 11.9. The molecule has 3 rings (SSSR count). The van der Waals surface area contributed by atoms with E-state index in [-0.39, 0.29) is 17.5 Å². The Morgan fingerprint density at radius 2 is 2.00 bits per heavy atom. The summed E-state index contributed by atoms with van der Waals surface area (Å²) < 4.78 is 22.8. The summed E-state index contributed by atoms with van der Waals surface area (Å²) in [6.07, 6.45) is 3.08. The molecule has 20 heavy (non-hydrogen) atoms. The highest BCUT2D eigenvalue weighted by atomic mass is 32.2. The molecule has 2 heterocycles. The summed E-state index contributed by atoms with van der Waals surface area (Å²) in [4.78, 5) is 0. The van der Waals surface area contributed by atoms with Crippen LogP contribution in [0.1, 0.15) is 12.8 Å². The highest BCUT2D eigenvalue weighted by Crippen LogP contribution is 2.23. The van der Waals surface area contributed by atoms with Gasteiger partial charge in [0, 0.05) is 23.5 Å². The van der Waals surface area contributed by atoms with Crippen LogP contribution in [-0.2, 0) is 9.84 Å². The molecule has 1 fully saturated rings. The number of nitrogens with one attached hydrogen (secondary N) is 2. The number of rotatable bonds is 3. The third-order valence-corrected chi connectivity index (χ3v) is 5.32. The zero-order chi connectivity index (χ0) is 14.0. The second kappa shape index (κ2) is 5.28. The monoisotopic (exact) mass is 291 g/mol. The van der Waals surface area contributed by atoms with Gasteiger partial charge in [-0.3, -0.25) is 5.10 Å². The van der Waals surface area contributed by atoms with Crippen LogP contribution in [-0.4, -0.2) is 36.2 Å². The third kappa shape index (κ3) is 3.01. The molecule has 1 aliphatic heterocycles. The van der Waals surface area contributed by atoms with Crippen molar-refractivity contribution >= 4 is 15.5 Å². The van der Waals surface area contributed by atoms with E-state index < -0.39 is 9.84 Å². The minimum absolute atomic E-state index is 0.232. The number of benzene rings is 1. The third-order valence-electron chi connectivity index (χ3n) is 3.60. The molecule has 2 aromatic rings. The molecule has 6 heteroatoms. The Balaban J connectivity index is 1.71. The van der Waals surface area contributed by atoms with E-state index in [1.54, 1.807) is 6.20 Å². The van der Waals surface area contributed by atoms with E-state index >= 15 is 0 Å². The average Bonchev–Trinajstić information content (AvgIpc) is 2.96. The molecule has 0 atom stereocenters. The molecule has 0 unspecified atom stereocenters. The molecule has 2 N–H and O–H groups in total. The van der Waals surface area contributed by atoms with Crippen molar-refractivity contribution in [1.29, 1.82) is 0 Å². The molecule has 0 bridgehead atoms. The number of anilines is 1. The number of nitrogens with zero attached hydrogens (tertiary/aromatic N) is 1. The largest absolute Gasteiger partial charge is 0.382 e. The summed E-state index contributed by atoms with van der Waals surface area (Å²) >= 11 is 0. The fourth-order valence-electron chi connectivity index (χ4n) is 2.46. The minimum Gasteiger partial charge on any atom is -0.382 e. The highest BCUT2D eigenvalue weighted by molar-refractivity contribution is 7.91. The van der Waals surface area contributed by atoms with Gasteiger partial charge in [0.15, 0.2) is 0 Å². The first-order chi connectivity index (χ1) is 9.62. The van der Waals surface area contributed by atoms with Gasteiger partial charge in [0.25, 0.3) is 0 Å². The van der Waals surface area contributed by atoms with Gasteiger partial charge >= 0.3 is 0 Å². The maximum Gasteiger partial charge on any atom is 0.150 e. The predicted octanol–water partition coefficient (Wildman–Crippen LogP) is 2.07. The summed E-state index contributed by atoms with van der Waals surface area (Å²) in [6, 6.07) is 10.2. The Bertz CT molecular complexity index is 666. The van der Waals surface area contributed by atoms with Gasteiger partial charge in [-0.1, -0.05) is 12.1 Å². The van der Waals surface area contributed by atoms with Crippen LogP contribution in [0.15, 0.2) is 36.5 Å². The molecule has 0 aliphatic carbocycles. The molecular formula is C14H17N3O2S. The fraction of sp³-hybridized carbons (Fsp3) is 0.357. The van der Waals surface area contributed by atoms with Gasteiger partial charge in [0.05, 0.1) is 17.2 Å². The van der Waals surface area contributed by atoms with Crippen LogP contribution in [0.5, 0.6) is 0 Å². The zero-order valence-electron chi connectivity index (χ0n) is 11.0. The lowest BCUT2D eigenvalue weighted by molar-refractivity contribution is 0.559. The molecule has 0 saturated carbocycles. The minimum atomic E-state index is -2.80. The number of hydrogen-bond acceptors (Lipinski definition) is 4. The van der Waals surface area contributed by atoms with Crippen molar-refractivity contribution in [2.75, 3.05) is 16.8 Å². The first kappa shape index (κ1) is 13.2. The van der Waals surface area contributed by atoms with Crippen LogP contribution in [0.2, 0.25) is 0 Å². The van der Waals surface area contributed by atoms with Crippen LogP contribution in [0.4, 0.5) is 5.69 Å². The van der Waals surface area contributed by atoms with Gasteiger partial charge in [0.1, 0.15) is 9.84 Å². The van der Waals surface area contributed by atoms with Crippen LogP contribution in [0, 0.1) is 0 Å². The van der Waals surface area contributed by atoms with E-state index in [1.165, 1.54) is 0 Å². The Labute approximate surface area is 118 Å². The van der Waals surface area contributed by atoms with Crippen LogP contribution >= 0.6 is 0 Å². The van der Waals surface area contributed by atoms with Gasteiger partial charge in [0.2, 0.25) is 0 Å². The summed E-state index contributed by atoms with van der Waals surface area (Å²) in [7, 11) is -2.80. The molecule has 106 valence electrons. The number of aromatic amines is 1. The van der Waals surface area contributed by atoms with Crippen molar-refractivity contribution in [1.82, 2.24) is 10.2 Å². The first-order valence-electron chi connectivity index (χ1n) is 6.69. The molecule has 0 amide bonds. The summed E-state index contributed by atoms with van der Waals surface area (Å²) in [5, 5.41) is 10.3. The van der Waals surface area contributed by atoms with E-state index in [0.29, 0.717) is 12.8 Å². The maximum atomic E-state index is 11.4. The second-order valence-corrected chi connectivity index (χ2v) is 7.43. The topological polar surface area (TPSA) is 74.8 Å². The van der Waals surface area contributed by atoms with Crippen LogP contribution < -0.4 is 5.32 Å². The SMILES string of the molecule is O=S1(=O)CCC(Nc2cccc(-c3ccn[nH]3)c2)CC1. The first-order valence-corrected chi connectivity index (χ1v) is 8.51. The van der Waals surface area contributed by atoms with Crippen molar-refractivity contribution in [3.63, 3.8) is 0 Å². The van der Waals surface area contributed by atoms with Crippen molar-refractivity contribution < 1.29 is 8.42 Å². The van der Waals surface area contributed by atoms with E-state index in [9.17, 15) is 8.42 Å². The van der Waals surface area contributed by atoms with Gasteiger partial charge in [-0.25, -0.2) is 8.42 Å². The summed E-state index contributed by atoms with van der Waals surface area (Å²) in [6.45, 7) is 0. The summed E-state index contributed by atoms with van der Waals surface area (Å²) in [5.74, 6) is 0.565. The average molecular weight is 291 g/mol. The lowest BCUT2D eigenvalue weighted by Crippen LogP contribution is -2.32. The van der Waals surface area contributed by atoms with Crippen LogP contribution in [0.3, 0.4) is 0 Å². The fourth-order valence-corrected chi connectivity index (χ4v) is 3.95. The van der Waals surface area contributed by atoms with Crippen LogP contribution in [0.25, 0.3) is 11.3 Å². The van der Waals surface area contributed by atoms with Crippen molar-refractivity contribution in [3.05, 3.63) is 36.5 Å². The Kier molecular flexibility index (Phi) is 3.48. The standard InChI is InChI=1S/C14H17N3O2S/c18-20(19)8-5-12(6-9-20)16-13-3-1-2-11(10-13)14-4-7-15-17-14/h1-4,7,10,12,16H,5-6,8-9H2,(H,15,17). The molecule has 1 aromatic carbocycles. The van der Waals surface area contributed by atoms with Gasteiger partial charge in [-0.2, -0.15) is 5.10 Å². The van der Waals surface area contributed by atoms with E-state index in [1.807, 2.05) is 24.3 Å². The second-order valence-electron chi connectivity index (χ2n) is 5.12. The molecule has 1 saturated heterocycles. The molecule has 1 aliphatic rings. The van der Waals surface area contributed by atoms with Crippen molar-refractivity contribution in [2.24, 2.45) is 0 Å². The van der Waals surface area contributed by atoms with Crippen molar-refractivity contribution in [3.8, 4) is 11.3 Å². The normalized spacial score (nSPS) is 18.8. The van der Waals surface area contributed by atoms with Crippen molar-refractivity contribution in [2.45, 2.75) is 18.9 Å². The van der Waals surface area contributed by atoms with Gasteiger partial charge in [-0.05, 0) is 31.0 Å². The Hall–Kier alpha value is -1.82. The van der Waals surface area contributed by atoms with E-state index in [4.69, 9.17) is 0 Å². The molecule has 5 nitrogen and oxygen atoms in total. The smallest absolute Gasteiger partial charge is 0.150 e. The van der Waals surface area contributed by atoms with E-state index in [0.717, 1.165) is 16.9 Å². The summed E-state index contributed by atoms with van der Waals surface area (Å²) in [5.41, 5.74) is 3.05. The maximum absolute atomic E-state index is 11.4. The quantitative estimate of drug-likeness (QED) is 0.907. The molecule has 0 spiro atoms. The number of hydrogen-bond donors (Lipinski definition) is 2. The molecular weight excluding hydrogens is 274 g/mol.